The maximum Gasteiger partial charge on any atom is 0.332 e. The molecule has 0 fully saturated rings. The van der Waals surface area contributed by atoms with E-state index >= 15 is 0 Å². The Morgan fingerprint density at radius 1 is 1.16 bits per heavy atom. The fraction of sp³-hybridized carbons (Fsp3) is 0.500. The number of halogens is 1. The molecule has 0 saturated heterocycles. The van der Waals surface area contributed by atoms with Gasteiger partial charge in [0.15, 0.2) is 5.82 Å². The Balaban J connectivity index is 2.60. The number of benzene rings is 1. The van der Waals surface area contributed by atoms with Gasteiger partial charge in [0, 0.05) is 37.9 Å². The van der Waals surface area contributed by atoms with E-state index in [-0.39, 0.29) is 31.4 Å². The van der Waals surface area contributed by atoms with E-state index in [2.05, 4.69) is 18.6 Å². The zero-order chi connectivity index (χ0) is 22.8. The number of aromatic nitrogens is 2. The van der Waals surface area contributed by atoms with Crippen molar-refractivity contribution in [3.05, 3.63) is 55.7 Å². The van der Waals surface area contributed by atoms with Gasteiger partial charge >= 0.3 is 5.69 Å². The fourth-order valence-corrected chi connectivity index (χ4v) is 3.37. The molecule has 0 saturated carbocycles. The first-order valence-corrected chi connectivity index (χ1v) is 10.9. The second-order valence-corrected chi connectivity index (χ2v) is 7.54. The maximum absolute atomic E-state index is 13.4. The monoisotopic (exact) mass is 450 g/mol. The largest absolute Gasteiger partial charge is 0.396 e. The van der Waals surface area contributed by atoms with Crippen molar-refractivity contribution in [3.63, 3.8) is 0 Å². The molecule has 0 unspecified atom stereocenters. The molecule has 0 atom stereocenters. The lowest BCUT2D eigenvalue weighted by molar-refractivity contribution is 0.130. The molecule has 0 spiro atoms. The van der Waals surface area contributed by atoms with E-state index in [0.717, 1.165) is 23.0 Å². The van der Waals surface area contributed by atoms with Gasteiger partial charge in [-0.25, -0.2) is 9.79 Å². The Bertz CT molecular complexity index is 969. The molecular formula is C22H31ClN4O4. The number of nitrogens with zero attached hydrogens (tertiary/aromatic N) is 4. The molecule has 0 aliphatic rings. The summed E-state index contributed by atoms with van der Waals surface area (Å²) < 4.78 is 8.39. The Morgan fingerprint density at radius 3 is 2.45 bits per heavy atom. The Kier molecular flexibility index (Phi) is 9.97. The molecule has 1 aromatic carbocycles. The highest BCUT2D eigenvalue weighted by Gasteiger charge is 2.23. The van der Waals surface area contributed by atoms with E-state index in [1.807, 2.05) is 19.1 Å². The summed E-state index contributed by atoms with van der Waals surface area (Å²) in [5, 5.41) is 9.82. The van der Waals surface area contributed by atoms with E-state index < -0.39 is 11.2 Å². The Morgan fingerprint density at radius 2 is 1.87 bits per heavy atom. The van der Waals surface area contributed by atoms with Gasteiger partial charge in [-0.1, -0.05) is 37.1 Å². The van der Waals surface area contributed by atoms with Crippen LogP contribution in [0.5, 0.6) is 0 Å². The fourth-order valence-electron chi connectivity index (χ4n) is 3.24. The summed E-state index contributed by atoms with van der Waals surface area (Å²) in [7, 11) is 0. The van der Waals surface area contributed by atoms with Crippen LogP contribution in [-0.4, -0.2) is 40.9 Å². The van der Waals surface area contributed by atoms with Crippen molar-refractivity contribution >= 4 is 29.8 Å². The zero-order valence-corrected chi connectivity index (χ0v) is 19.0. The third-order valence-electron chi connectivity index (χ3n) is 4.88. The van der Waals surface area contributed by atoms with Crippen LogP contribution < -0.4 is 16.1 Å². The standard InChI is InChI=1S/C22H31ClN4O4/c1-4-6-14-31-16-25(15-17-8-10-18(23)11-9-17)19-20(24-3)26(5-2)22(30)27(21(19)29)12-7-13-28/h8-11,28H,3-7,12-16H2,1-2H3. The lowest BCUT2D eigenvalue weighted by atomic mass is 10.2. The summed E-state index contributed by atoms with van der Waals surface area (Å²) >= 11 is 6.01. The number of aliphatic hydroxyl groups is 1. The lowest BCUT2D eigenvalue weighted by Crippen LogP contribution is -2.44. The number of anilines is 1. The number of hydrogen-bond acceptors (Lipinski definition) is 6. The highest BCUT2D eigenvalue weighted by atomic mass is 35.5. The van der Waals surface area contributed by atoms with Crippen LogP contribution >= 0.6 is 11.6 Å². The SMILES string of the molecule is C=Nc1c(N(COCCCC)Cc2ccc(Cl)cc2)c(=O)n(CCCO)c(=O)n1CC. The molecule has 1 N–H and O–H groups in total. The minimum absolute atomic E-state index is 0.115. The highest BCUT2D eigenvalue weighted by Crippen LogP contribution is 2.25. The van der Waals surface area contributed by atoms with Crippen LogP contribution in [0.2, 0.25) is 5.02 Å². The first kappa shape index (κ1) is 24.8. The van der Waals surface area contributed by atoms with Crippen molar-refractivity contribution in [3.8, 4) is 0 Å². The summed E-state index contributed by atoms with van der Waals surface area (Å²) in [6, 6.07) is 7.32. The molecular weight excluding hydrogens is 420 g/mol. The van der Waals surface area contributed by atoms with Crippen LogP contribution in [0, 0.1) is 0 Å². The minimum atomic E-state index is -0.474. The summed E-state index contributed by atoms with van der Waals surface area (Å²) in [6.45, 7) is 8.87. The molecule has 0 radical (unpaired) electrons. The van der Waals surface area contributed by atoms with Crippen molar-refractivity contribution in [1.29, 1.82) is 0 Å². The molecule has 9 heteroatoms. The Labute approximate surface area is 187 Å². The van der Waals surface area contributed by atoms with Gasteiger partial charge in [-0.15, -0.1) is 0 Å². The van der Waals surface area contributed by atoms with Gasteiger partial charge in [0.2, 0.25) is 0 Å². The molecule has 0 aliphatic carbocycles. The van der Waals surface area contributed by atoms with Gasteiger partial charge in [-0.2, -0.15) is 0 Å². The van der Waals surface area contributed by atoms with Gasteiger partial charge in [0.25, 0.3) is 5.56 Å². The average Bonchev–Trinajstić information content (AvgIpc) is 2.77. The number of hydrogen-bond donors (Lipinski definition) is 1. The van der Waals surface area contributed by atoms with Crippen LogP contribution in [0.3, 0.4) is 0 Å². The molecule has 170 valence electrons. The summed E-state index contributed by atoms with van der Waals surface area (Å²) in [5.41, 5.74) is 0.235. The third kappa shape index (κ3) is 6.29. The molecule has 31 heavy (non-hydrogen) atoms. The van der Waals surface area contributed by atoms with Crippen molar-refractivity contribution in [2.24, 2.45) is 4.99 Å². The topological polar surface area (TPSA) is 89.1 Å². The average molecular weight is 451 g/mol. The van der Waals surface area contributed by atoms with E-state index in [1.165, 1.54) is 4.57 Å². The first-order chi connectivity index (χ1) is 15.0. The van der Waals surface area contributed by atoms with Crippen molar-refractivity contribution < 1.29 is 9.84 Å². The van der Waals surface area contributed by atoms with Gasteiger partial charge < -0.3 is 14.7 Å². The molecule has 0 aliphatic heterocycles. The second kappa shape index (κ2) is 12.4. The second-order valence-electron chi connectivity index (χ2n) is 7.11. The molecule has 1 aromatic heterocycles. The van der Waals surface area contributed by atoms with Crippen LogP contribution in [-0.2, 0) is 24.4 Å². The van der Waals surface area contributed by atoms with E-state index in [1.54, 1.807) is 17.0 Å². The van der Waals surface area contributed by atoms with Crippen LogP contribution in [0.15, 0.2) is 38.8 Å². The normalized spacial score (nSPS) is 11.0. The predicted molar refractivity (Wildman–Crippen MR) is 125 cm³/mol. The number of unbranched alkanes of at least 4 members (excludes halogenated alkanes) is 1. The van der Waals surface area contributed by atoms with E-state index in [0.29, 0.717) is 31.1 Å². The maximum atomic E-state index is 13.4. The zero-order valence-electron chi connectivity index (χ0n) is 18.2. The molecule has 2 rings (SSSR count). The predicted octanol–water partition coefficient (Wildman–Crippen LogP) is 3.18. The van der Waals surface area contributed by atoms with Crippen LogP contribution in [0.1, 0.15) is 38.7 Å². The number of aliphatic hydroxyl groups excluding tert-OH is 1. The summed E-state index contributed by atoms with van der Waals surface area (Å²) in [6.07, 6.45) is 2.19. The lowest BCUT2D eigenvalue weighted by Gasteiger charge is -2.27. The molecule has 0 amide bonds. The van der Waals surface area contributed by atoms with Crippen molar-refractivity contribution in [1.82, 2.24) is 9.13 Å². The van der Waals surface area contributed by atoms with Gasteiger partial charge in [-0.05, 0) is 44.2 Å². The molecule has 2 aromatic rings. The van der Waals surface area contributed by atoms with Gasteiger partial charge in [0.05, 0.1) is 0 Å². The molecule has 8 nitrogen and oxygen atoms in total. The summed E-state index contributed by atoms with van der Waals surface area (Å²) in [5.74, 6) is 0.214. The molecule has 0 bridgehead atoms. The molecule has 1 heterocycles. The van der Waals surface area contributed by atoms with E-state index in [4.69, 9.17) is 16.3 Å². The Hall–Kier alpha value is -2.42. The highest BCUT2D eigenvalue weighted by molar-refractivity contribution is 6.30. The van der Waals surface area contributed by atoms with Crippen LogP contribution in [0.4, 0.5) is 11.5 Å². The quantitative estimate of drug-likeness (QED) is 0.287. The van der Waals surface area contributed by atoms with Gasteiger partial charge in [0.1, 0.15) is 12.4 Å². The minimum Gasteiger partial charge on any atom is -0.396 e. The van der Waals surface area contributed by atoms with Crippen molar-refractivity contribution in [2.75, 3.05) is 24.8 Å². The smallest absolute Gasteiger partial charge is 0.332 e. The van der Waals surface area contributed by atoms with Crippen LogP contribution in [0.25, 0.3) is 0 Å². The number of ether oxygens (including phenoxy) is 1. The van der Waals surface area contributed by atoms with Gasteiger partial charge in [-0.3, -0.25) is 13.9 Å². The number of aliphatic imine (C=N–C) groups is 1. The number of rotatable bonds is 13. The third-order valence-corrected chi connectivity index (χ3v) is 5.13. The van der Waals surface area contributed by atoms with Crippen molar-refractivity contribution in [2.45, 2.75) is 52.7 Å². The summed E-state index contributed by atoms with van der Waals surface area (Å²) in [4.78, 5) is 32.1. The van der Waals surface area contributed by atoms with E-state index in [9.17, 15) is 14.7 Å². The first-order valence-electron chi connectivity index (χ1n) is 10.5.